The van der Waals surface area contributed by atoms with Crippen molar-refractivity contribution in [2.24, 2.45) is 11.5 Å². The number of primary amides is 1. The molecule has 180 valence electrons. The van der Waals surface area contributed by atoms with Crippen molar-refractivity contribution in [3.63, 3.8) is 0 Å². The first-order valence-electron chi connectivity index (χ1n) is 11.0. The molecule has 10 nitrogen and oxygen atoms in total. The smallest absolute Gasteiger partial charge is 0.267 e. The van der Waals surface area contributed by atoms with Crippen molar-refractivity contribution < 1.29 is 13.2 Å². The van der Waals surface area contributed by atoms with Crippen LogP contribution in [0.2, 0.25) is 0 Å². The average molecular weight is 477 g/mol. The number of carbonyl (C=O) groups is 1. The van der Waals surface area contributed by atoms with E-state index in [1.807, 2.05) is 0 Å². The van der Waals surface area contributed by atoms with E-state index in [2.05, 4.69) is 20.6 Å². The molecule has 1 aromatic heterocycles. The Morgan fingerprint density at radius 2 is 1.91 bits per heavy atom. The number of aromatic nitrogens is 2. The molecule has 1 saturated carbocycles. The van der Waals surface area contributed by atoms with Crippen LogP contribution in [0.5, 0.6) is 0 Å². The van der Waals surface area contributed by atoms with Crippen molar-refractivity contribution in [3.05, 3.63) is 39.7 Å². The molecule has 1 amide bonds. The van der Waals surface area contributed by atoms with Gasteiger partial charge >= 0.3 is 0 Å². The molecule has 11 heteroatoms. The molecule has 0 atom stereocenters. The molecule has 2 aromatic rings. The number of nitrogens with one attached hydrogen (secondary N) is 3. The molecule has 1 heterocycles. The van der Waals surface area contributed by atoms with Crippen molar-refractivity contribution in [1.29, 1.82) is 0 Å². The van der Waals surface area contributed by atoms with Gasteiger partial charge in [0.25, 0.3) is 11.5 Å². The zero-order valence-corrected chi connectivity index (χ0v) is 20.0. The molecular formula is C22H32N6O4S. The molecule has 0 spiro atoms. The summed E-state index contributed by atoms with van der Waals surface area (Å²) < 4.78 is 25.8. The quantitative estimate of drug-likeness (QED) is 0.385. The second-order valence-electron chi connectivity index (χ2n) is 9.00. The zero-order chi connectivity index (χ0) is 24.4. The lowest BCUT2D eigenvalue weighted by Gasteiger charge is -2.33. The van der Waals surface area contributed by atoms with E-state index in [1.165, 1.54) is 6.07 Å². The Labute approximate surface area is 193 Å². The Kier molecular flexibility index (Phi) is 7.13. The third-order valence-electron chi connectivity index (χ3n) is 5.94. The van der Waals surface area contributed by atoms with Crippen molar-refractivity contribution >= 4 is 33.2 Å². The first-order chi connectivity index (χ1) is 15.4. The normalized spacial score (nSPS) is 15.9. The van der Waals surface area contributed by atoms with E-state index in [1.54, 1.807) is 32.9 Å². The Bertz CT molecular complexity index is 1200. The summed E-state index contributed by atoms with van der Waals surface area (Å²) in [6.07, 6.45) is 4.93. The van der Waals surface area contributed by atoms with E-state index in [4.69, 9.17) is 11.5 Å². The number of H-pyrrole nitrogens is 1. The fourth-order valence-corrected chi connectivity index (χ4v) is 5.20. The maximum atomic E-state index is 12.9. The Morgan fingerprint density at radius 3 is 2.52 bits per heavy atom. The number of anilines is 3. The van der Waals surface area contributed by atoms with Crippen LogP contribution in [0, 0.1) is 6.92 Å². The molecule has 3 rings (SSSR count). The van der Waals surface area contributed by atoms with Crippen molar-refractivity contribution in [3.8, 4) is 0 Å². The molecular weight excluding hydrogens is 444 g/mol. The van der Waals surface area contributed by atoms with Gasteiger partial charge in [0, 0.05) is 12.1 Å². The van der Waals surface area contributed by atoms with Gasteiger partial charge in [-0.2, -0.15) is 4.98 Å². The maximum absolute atomic E-state index is 12.9. The predicted molar refractivity (Wildman–Crippen MR) is 129 cm³/mol. The highest BCUT2D eigenvalue weighted by molar-refractivity contribution is 7.92. The van der Waals surface area contributed by atoms with E-state index in [9.17, 15) is 18.0 Å². The molecule has 7 N–H and O–H groups in total. The number of hydrogen-bond donors (Lipinski definition) is 5. The lowest BCUT2D eigenvalue weighted by Crippen LogP contribution is -2.48. The first kappa shape index (κ1) is 24.7. The minimum Gasteiger partial charge on any atom is -0.365 e. The Morgan fingerprint density at radius 1 is 1.24 bits per heavy atom. The molecule has 0 bridgehead atoms. The monoisotopic (exact) mass is 476 g/mol. The summed E-state index contributed by atoms with van der Waals surface area (Å²) in [5.41, 5.74) is 11.3. The molecule has 0 radical (unpaired) electrons. The number of hydrogen-bond acceptors (Lipinski definition) is 8. The molecule has 1 aliphatic carbocycles. The fraction of sp³-hybridized carbons (Fsp3) is 0.500. The summed E-state index contributed by atoms with van der Waals surface area (Å²) in [6.45, 7) is 5.33. The number of amides is 1. The Hall–Kier alpha value is -2.92. The zero-order valence-electron chi connectivity index (χ0n) is 19.2. The number of sulfone groups is 1. The highest BCUT2D eigenvalue weighted by Gasteiger charge is 2.28. The predicted octanol–water partition coefficient (Wildman–Crippen LogP) is 2.18. The minimum atomic E-state index is -3.66. The van der Waals surface area contributed by atoms with Crippen molar-refractivity contribution in [2.45, 2.75) is 68.6 Å². The summed E-state index contributed by atoms with van der Waals surface area (Å²) in [7, 11) is -3.66. The van der Waals surface area contributed by atoms with Gasteiger partial charge < -0.3 is 22.1 Å². The van der Waals surface area contributed by atoms with Crippen LogP contribution in [-0.4, -0.2) is 41.6 Å². The summed E-state index contributed by atoms with van der Waals surface area (Å²) in [6, 6.07) is 4.83. The van der Waals surface area contributed by atoms with Gasteiger partial charge in [-0.15, -0.1) is 0 Å². The van der Waals surface area contributed by atoms with E-state index >= 15 is 0 Å². The van der Waals surface area contributed by atoms with Crippen molar-refractivity contribution in [1.82, 2.24) is 9.97 Å². The second-order valence-corrected chi connectivity index (χ2v) is 11.5. The molecule has 1 aliphatic rings. The SMILES string of the molecule is Cc1ccc(Nc2nc(NCC3(N)CCCCC3)[nH]c(=O)c2C(N)=O)c(S(=O)(=O)C(C)C)c1. The number of rotatable bonds is 8. The van der Waals surface area contributed by atoms with Crippen LogP contribution in [0.3, 0.4) is 0 Å². The van der Waals surface area contributed by atoms with E-state index < -0.39 is 37.7 Å². The second kappa shape index (κ2) is 9.52. The van der Waals surface area contributed by atoms with E-state index in [-0.39, 0.29) is 22.3 Å². The number of carbonyl (C=O) groups excluding carboxylic acids is 1. The standard InChI is InChI=1S/C22H32N6O4S/c1-13(2)33(31,32)16-11-14(3)7-8-15(16)26-19-17(18(23)29)20(30)28-21(27-19)25-12-22(24)9-5-4-6-10-22/h7-8,11,13H,4-6,9-10,12,24H2,1-3H3,(H2,23,29)(H3,25,26,27,28,30). The van der Waals surface area contributed by atoms with Gasteiger partial charge in [-0.05, 0) is 51.3 Å². The van der Waals surface area contributed by atoms with Crippen molar-refractivity contribution in [2.75, 3.05) is 17.2 Å². The van der Waals surface area contributed by atoms with E-state index in [0.29, 0.717) is 6.54 Å². The van der Waals surface area contributed by atoms with Gasteiger partial charge in [0.1, 0.15) is 5.56 Å². The average Bonchev–Trinajstić information content (AvgIpc) is 2.73. The van der Waals surface area contributed by atoms with Gasteiger partial charge in [-0.3, -0.25) is 14.6 Å². The van der Waals surface area contributed by atoms with Crippen LogP contribution < -0.4 is 27.7 Å². The third-order valence-corrected chi connectivity index (χ3v) is 8.13. The molecule has 0 unspecified atom stereocenters. The van der Waals surface area contributed by atoms with Crippen LogP contribution >= 0.6 is 0 Å². The minimum absolute atomic E-state index is 0.0487. The Balaban J connectivity index is 2.01. The van der Waals surface area contributed by atoms with E-state index in [0.717, 1.165) is 37.7 Å². The number of nitrogens with zero attached hydrogens (tertiary/aromatic N) is 1. The summed E-state index contributed by atoms with van der Waals surface area (Å²) in [5.74, 6) is -1.00. The highest BCUT2D eigenvalue weighted by Crippen LogP contribution is 2.30. The number of benzene rings is 1. The molecule has 0 aliphatic heterocycles. The largest absolute Gasteiger partial charge is 0.365 e. The number of aryl methyl sites for hydroxylation is 1. The lowest BCUT2D eigenvalue weighted by atomic mass is 9.82. The summed E-state index contributed by atoms with van der Waals surface area (Å²) >= 11 is 0. The van der Waals surface area contributed by atoms with Gasteiger partial charge in [0.2, 0.25) is 5.95 Å². The number of nitrogens with two attached hydrogens (primary N) is 2. The highest BCUT2D eigenvalue weighted by atomic mass is 32.2. The summed E-state index contributed by atoms with van der Waals surface area (Å²) in [5, 5.41) is 5.24. The fourth-order valence-electron chi connectivity index (χ4n) is 3.92. The molecule has 0 saturated heterocycles. The van der Waals surface area contributed by atoms with Gasteiger partial charge in [0.15, 0.2) is 15.7 Å². The van der Waals surface area contributed by atoms with Crippen LogP contribution in [0.1, 0.15) is 61.9 Å². The summed E-state index contributed by atoms with van der Waals surface area (Å²) in [4.78, 5) is 31.5. The lowest BCUT2D eigenvalue weighted by molar-refractivity contribution is 0.0999. The molecule has 1 fully saturated rings. The number of aromatic amines is 1. The first-order valence-corrected chi connectivity index (χ1v) is 12.6. The molecule has 33 heavy (non-hydrogen) atoms. The van der Waals surface area contributed by atoms with Gasteiger partial charge in [-0.1, -0.05) is 25.3 Å². The van der Waals surface area contributed by atoms with Crippen LogP contribution in [0.25, 0.3) is 0 Å². The topological polar surface area (TPSA) is 173 Å². The van der Waals surface area contributed by atoms with Gasteiger partial charge in [0.05, 0.1) is 15.8 Å². The maximum Gasteiger partial charge on any atom is 0.267 e. The van der Waals surface area contributed by atoms with Crippen LogP contribution in [-0.2, 0) is 9.84 Å². The van der Waals surface area contributed by atoms with Crippen LogP contribution in [0.4, 0.5) is 17.5 Å². The third kappa shape index (κ3) is 5.53. The van der Waals surface area contributed by atoms with Crippen LogP contribution in [0.15, 0.2) is 27.9 Å². The molecule has 1 aromatic carbocycles. The van der Waals surface area contributed by atoms with Gasteiger partial charge in [-0.25, -0.2) is 8.42 Å².